The Balaban J connectivity index is 2.69. The molecule has 6 heteroatoms. The van der Waals surface area contributed by atoms with E-state index in [0.717, 1.165) is 0 Å². The molecule has 0 spiro atoms. The van der Waals surface area contributed by atoms with Gasteiger partial charge in [-0.05, 0) is 26.2 Å². The van der Waals surface area contributed by atoms with E-state index >= 15 is 0 Å². The van der Waals surface area contributed by atoms with E-state index in [9.17, 15) is 13.2 Å². The van der Waals surface area contributed by atoms with E-state index in [4.69, 9.17) is 5.73 Å². The van der Waals surface area contributed by atoms with Crippen LogP contribution in [0.15, 0.2) is 0 Å². The second-order valence-corrected chi connectivity index (χ2v) is 6.25. The number of nitrogens with one attached hydrogen (secondary N) is 1. The quantitative estimate of drug-likeness (QED) is 0.699. The lowest BCUT2D eigenvalue weighted by atomic mass is 9.87. The number of carbonyl (C=O) groups excluding carboxylic acids is 1. The minimum Gasteiger partial charge on any atom is -0.329 e. The highest BCUT2D eigenvalue weighted by Crippen LogP contribution is 2.28. The summed E-state index contributed by atoms with van der Waals surface area (Å²) in [5, 5.41) is -0.375. The van der Waals surface area contributed by atoms with Gasteiger partial charge in [-0.15, -0.1) is 0 Å². The maximum absolute atomic E-state index is 11.7. The first-order valence-corrected chi connectivity index (χ1v) is 6.66. The summed E-state index contributed by atoms with van der Waals surface area (Å²) in [5.41, 5.74) is 4.68. The van der Waals surface area contributed by atoms with Crippen molar-refractivity contribution in [2.24, 2.45) is 11.1 Å². The van der Waals surface area contributed by atoms with Crippen LogP contribution >= 0.6 is 0 Å². The van der Waals surface area contributed by atoms with Gasteiger partial charge in [0.25, 0.3) is 0 Å². The maximum Gasteiger partial charge on any atom is 0.240 e. The molecule has 0 aromatic carbocycles. The molecule has 1 saturated carbocycles. The third-order valence-corrected chi connectivity index (χ3v) is 4.80. The molecule has 1 aliphatic rings. The van der Waals surface area contributed by atoms with E-state index in [0.29, 0.717) is 19.3 Å². The van der Waals surface area contributed by atoms with Crippen molar-refractivity contribution in [3.05, 3.63) is 0 Å². The van der Waals surface area contributed by atoms with Crippen molar-refractivity contribution in [1.29, 1.82) is 0 Å². The monoisotopic (exact) mass is 234 g/mol. The third kappa shape index (κ3) is 2.69. The average Bonchev–Trinajstić information content (AvgIpc) is 2.99. The first kappa shape index (κ1) is 12.4. The van der Waals surface area contributed by atoms with E-state index in [2.05, 4.69) is 4.72 Å². The zero-order chi connectivity index (χ0) is 11.7. The second-order valence-electron chi connectivity index (χ2n) is 4.29. The van der Waals surface area contributed by atoms with Crippen LogP contribution in [-0.2, 0) is 14.8 Å². The number of hydrogen-bond acceptors (Lipinski definition) is 4. The second kappa shape index (κ2) is 4.09. The van der Waals surface area contributed by atoms with Gasteiger partial charge in [0.1, 0.15) is 0 Å². The number of carbonyl (C=O) groups is 1. The fourth-order valence-electron chi connectivity index (χ4n) is 1.11. The van der Waals surface area contributed by atoms with Crippen molar-refractivity contribution in [2.75, 3.05) is 6.54 Å². The van der Waals surface area contributed by atoms with Gasteiger partial charge < -0.3 is 5.73 Å². The summed E-state index contributed by atoms with van der Waals surface area (Å²) >= 11 is 0. The lowest BCUT2D eigenvalue weighted by Gasteiger charge is -2.24. The largest absolute Gasteiger partial charge is 0.329 e. The summed E-state index contributed by atoms with van der Waals surface area (Å²) < 4.78 is 25.1. The van der Waals surface area contributed by atoms with Gasteiger partial charge in [-0.2, -0.15) is 0 Å². The van der Waals surface area contributed by atoms with Crippen LogP contribution in [0.5, 0.6) is 0 Å². The Morgan fingerprint density at radius 3 is 2.40 bits per heavy atom. The molecule has 3 N–H and O–H groups in total. The lowest BCUT2D eigenvalue weighted by Crippen LogP contribution is -2.46. The van der Waals surface area contributed by atoms with Crippen molar-refractivity contribution in [3.8, 4) is 0 Å². The number of sulfonamides is 1. The van der Waals surface area contributed by atoms with Crippen LogP contribution in [0.1, 0.15) is 33.1 Å². The Morgan fingerprint density at radius 2 is 2.07 bits per heavy atom. The van der Waals surface area contributed by atoms with Crippen LogP contribution in [-0.4, -0.2) is 26.1 Å². The van der Waals surface area contributed by atoms with Crippen molar-refractivity contribution in [1.82, 2.24) is 4.72 Å². The number of nitrogens with two attached hydrogens (primary N) is 1. The Kier molecular flexibility index (Phi) is 3.40. The van der Waals surface area contributed by atoms with Crippen LogP contribution < -0.4 is 10.5 Å². The van der Waals surface area contributed by atoms with Gasteiger partial charge in [0.15, 0.2) is 0 Å². The molecule has 15 heavy (non-hydrogen) atoms. The highest BCUT2D eigenvalue weighted by molar-refractivity contribution is 7.90. The molecule has 0 aromatic rings. The summed E-state index contributed by atoms with van der Waals surface area (Å²) in [4.78, 5) is 11.7. The van der Waals surface area contributed by atoms with E-state index in [1.54, 1.807) is 6.92 Å². The summed E-state index contributed by atoms with van der Waals surface area (Å²) in [6, 6.07) is 0. The smallest absolute Gasteiger partial charge is 0.240 e. The van der Waals surface area contributed by atoms with Crippen LogP contribution in [0.3, 0.4) is 0 Å². The predicted octanol–water partition coefficient (Wildman–Crippen LogP) is -0.0302. The van der Waals surface area contributed by atoms with Gasteiger partial charge >= 0.3 is 0 Å². The summed E-state index contributed by atoms with van der Waals surface area (Å²) in [6.45, 7) is 3.64. The third-order valence-electron chi connectivity index (χ3n) is 2.98. The molecule has 1 aliphatic carbocycles. The minimum atomic E-state index is -3.44. The zero-order valence-electron chi connectivity index (χ0n) is 9.12. The Hall–Kier alpha value is -0.620. The number of hydrogen-bond donors (Lipinski definition) is 2. The average molecular weight is 234 g/mol. The topological polar surface area (TPSA) is 89.3 Å². The fourth-order valence-corrected chi connectivity index (χ4v) is 2.54. The highest BCUT2D eigenvalue weighted by Gasteiger charge is 2.40. The Labute approximate surface area is 90.5 Å². The van der Waals surface area contributed by atoms with Gasteiger partial charge in [-0.1, -0.05) is 6.92 Å². The standard InChI is InChI=1S/C9H18N2O3S/c1-3-9(2,6-10)8(12)11-15(13,14)7-4-5-7/h7H,3-6,10H2,1-2H3,(H,11,12). The van der Waals surface area contributed by atoms with E-state index in [1.165, 1.54) is 0 Å². The predicted molar refractivity (Wildman–Crippen MR) is 57.5 cm³/mol. The molecule has 1 atom stereocenters. The minimum absolute atomic E-state index is 0.148. The van der Waals surface area contributed by atoms with Crippen LogP contribution in [0, 0.1) is 5.41 Å². The van der Waals surface area contributed by atoms with E-state index < -0.39 is 21.3 Å². The summed E-state index contributed by atoms with van der Waals surface area (Å²) in [7, 11) is -3.44. The van der Waals surface area contributed by atoms with Gasteiger partial charge in [0.2, 0.25) is 15.9 Å². The van der Waals surface area contributed by atoms with Crippen LogP contribution in [0.2, 0.25) is 0 Å². The van der Waals surface area contributed by atoms with Gasteiger partial charge in [0, 0.05) is 6.54 Å². The summed E-state index contributed by atoms with van der Waals surface area (Å²) in [5.74, 6) is -0.487. The molecular formula is C9H18N2O3S. The van der Waals surface area contributed by atoms with E-state index in [1.807, 2.05) is 6.92 Å². The first-order valence-electron chi connectivity index (χ1n) is 5.12. The SMILES string of the molecule is CCC(C)(CN)C(=O)NS(=O)(=O)C1CC1. The molecule has 1 rings (SSSR count). The first-order chi connectivity index (χ1) is 6.85. The van der Waals surface area contributed by atoms with Crippen molar-refractivity contribution >= 4 is 15.9 Å². The molecule has 88 valence electrons. The molecule has 0 radical (unpaired) electrons. The van der Waals surface area contributed by atoms with Crippen molar-refractivity contribution in [3.63, 3.8) is 0 Å². The van der Waals surface area contributed by atoms with Crippen LogP contribution in [0.25, 0.3) is 0 Å². The van der Waals surface area contributed by atoms with Gasteiger partial charge in [-0.3, -0.25) is 9.52 Å². The molecule has 0 aliphatic heterocycles. The normalized spacial score (nSPS) is 20.7. The molecule has 0 heterocycles. The number of rotatable bonds is 5. The number of amides is 1. The van der Waals surface area contributed by atoms with Gasteiger partial charge in [0.05, 0.1) is 10.7 Å². The van der Waals surface area contributed by atoms with Gasteiger partial charge in [-0.25, -0.2) is 8.42 Å². The Morgan fingerprint density at radius 1 is 1.53 bits per heavy atom. The maximum atomic E-state index is 11.7. The molecule has 0 bridgehead atoms. The summed E-state index contributed by atoms with van der Waals surface area (Å²) in [6.07, 6.45) is 1.82. The molecule has 1 fully saturated rings. The molecule has 0 aromatic heterocycles. The lowest BCUT2D eigenvalue weighted by molar-refractivity contribution is -0.127. The molecular weight excluding hydrogens is 216 g/mol. The molecule has 1 unspecified atom stereocenters. The molecule has 5 nitrogen and oxygen atoms in total. The fraction of sp³-hybridized carbons (Fsp3) is 0.889. The molecule has 0 saturated heterocycles. The van der Waals surface area contributed by atoms with Crippen molar-refractivity contribution < 1.29 is 13.2 Å². The zero-order valence-corrected chi connectivity index (χ0v) is 9.93. The van der Waals surface area contributed by atoms with E-state index in [-0.39, 0.29) is 11.8 Å². The molecule has 1 amide bonds. The van der Waals surface area contributed by atoms with Crippen LogP contribution in [0.4, 0.5) is 0 Å². The Bertz CT molecular complexity index is 342. The highest BCUT2D eigenvalue weighted by atomic mass is 32.2. The van der Waals surface area contributed by atoms with Crippen molar-refractivity contribution in [2.45, 2.75) is 38.4 Å².